The number of nitrogens with zero attached hydrogens (tertiary/aromatic N) is 3. The lowest BCUT2D eigenvalue weighted by Crippen LogP contribution is -2.49. The third-order valence-electron chi connectivity index (χ3n) is 5.27. The van der Waals surface area contributed by atoms with Crippen LogP contribution in [0.25, 0.3) is 11.6 Å². The van der Waals surface area contributed by atoms with E-state index < -0.39 is 5.41 Å². The second kappa shape index (κ2) is 5.81. The molecule has 0 bridgehead atoms. The van der Waals surface area contributed by atoms with Gasteiger partial charge in [0.25, 0.3) is 0 Å². The summed E-state index contributed by atoms with van der Waals surface area (Å²) in [7, 11) is 0. The molecule has 4 heterocycles. The molecule has 0 saturated carbocycles. The topological polar surface area (TPSA) is 84.4 Å². The Morgan fingerprint density at radius 2 is 2.15 bits per heavy atom. The number of anilines is 1. The first-order valence-corrected chi connectivity index (χ1v) is 8.74. The number of rotatable bonds is 3. The van der Waals surface area contributed by atoms with Crippen LogP contribution in [-0.4, -0.2) is 34.0 Å². The summed E-state index contributed by atoms with van der Waals surface area (Å²) in [5, 5.41) is 7.01. The van der Waals surface area contributed by atoms with Crippen LogP contribution in [0, 0.1) is 0 Å². The van der Waals surface area contributed by atoms with E-state index in [9.17, 15) is 4.79 Å². The molecular formula is C19H18N4O3. The number of carbonyl (C=O) groups is 1. The van der Waals surface area contributed by atoms with Crippen molar-refractivity contribution < 1.29 is 13.7 Å². The fourth-order valence-electron chi connectivity index (χ4n) is 4.07. The van der Waals surface area contributed by atoms with E-state index in [1.54, 1.807) is 18.4 Å². The summed E-state index contributed by atoms with van der Waals surface area (Å²) in [4.78, 5) is 19.4. The maximum absolute atomic E-state index is 12.8. The molecule has 7 heteroatoms. The molecule has 1 aromatic carbocycles. The maximum atomic E-state index is 12.8. The first kappa shape index (κ1) is 15.3. The monoisotopic (exact) mass is 350 g/mol. The van der Waals surface area contributed by atoms with Crippen molar-refractivity contribution in [3.63, 3.8) is 0 Å². The van der Waals surface area contributed by atoms with Crippen molar-refractivity contribution in [2.45, 2.75) is 24.8 Å². The van der Waals surface area contributed by atoms with Crippen LogP contribution < -0.4 is 5.32 Å². The van der Waals surface area contributed by atoms with Gasteiger partial charge in [0.1, 0.15) is 0 Å². The quantitative estimate of drug-likeness (QED) is 0.782. The molecule has 1 saturated heterocycles. The minimum absolute atomic E-state index is 0.0882. The van der Waals surface area contributed by atoms with Gasteiger partial charge in [-0.25, -0.2) is 0 Å². The highest BCUT2D eigenvalue weighted by Gasteiger charge is 2.49. The molecule has 7 nitrogen and oxygen atoms in total. The van der Waals surface area contributed by atoms with Gasteiger partial charge in [0.05, 0.1) is 18.2 Å². The van der Waals surface area contributed by atoms with Gasteiger partial charge >= 0.3 is 0 Å². The summed E-state index contributed by atoms with van der Waals surface area (Å²) < 4.78 is 10.7. The van der Waals surface area contributed by atoms with Crippen LogP contribution in [0.5, 0.6) is 0 Å². The maximum Gasteiger partial charge on any atom is 0.241 e. The minimum atomic E-state index is -0.487. The SMILES string of the molecule is O=C1Nc2ccccc2[C@@]12CCCN(Cc1nc(-c3ccco3)no1)C2. The van der Waals surface area contributed by atoms with E-state index >= 15 is 0 Å². The Hall–Kier alpha value is -2.93. The van der Waals surface area contributed by atoms with E-state index in [1.807, 2.05) is 18.2 Å². The number of piperidine rings is 1. The van der Waals surface area contributed by atoms with Gasteiger partial charge in [0, 0.05) is 12.2 Å². The van der Waals surface area contributed by atoms with Gasteiger partial charge in [-0.05, 0) is 43.1 Å². The fourth-order valence-corrected chi connectivity index (χ4v) is 4.07. The van der Waals surface area contributed by atoms with E-state index in [2.05, 4.69) is 26.4 Å². The average Bonchev–Trinajstić information content (AvgIpc) is 3.37. The number of para-hydroxylation sites is 1. The average molecular weight is 350 g/mol. The summed E-state index contributed by atoms with van der Waals surface area (Å²) in [5.74, 6) is 1.64. The standard InChI is InChI=1S/C19H18N4O3/c24-18-19(13-5-1-2-6-14(13)20-18)8-4-9-23(12-19)11-16-21-17(22-26-16)15-7-3-10-25-15/h1-3,5-7,10H,4,8-9,11-12H2,(H,20,24)/t19-/m0/s1. The predicted octanol–water partition coefficient (Wildman–Crippen LogP) is 2.82. The number of aromatic nitrogens is 2. The number of benzene rings is 1. The zero-order valence-electron chi connectivity index (χ0n) is 14.1. The molecule has 1 N–H and O–H groups in total. The van der Waals surface area contributed by atoms with Gasteiger partial charge in [-0.1, -0.05) is 23.4 Å². The van der Waals surface area contributed by atoms with Gasteiger partial charge in [-0.2, -0.15) is 4.98 Å². The molecule has 0 aliphatic carbocycles. The number of hydrogen-bond donors (Lipinski definition) is 1. The first-order chi connectivity index (χ1) is 12.7. The smallest absolute Gasteiger partial charge is 0.241 e. The molecule has 3 aromatic rings. The molecule has 2 aliphatic rings. The zero-order chi connectivity index (χ0) is 17.6. The Bertz CT molecular complexity index is 949. The lowest BCUT2D eigenvalue weighted by Gasteiger charge is -2.38. The molecule has 1 spiro atoms. The van der Waals surface area contributed by atoms with Crippen molar-refractivity contribution in [2.24, 2.45) is 0 Å². The highest BCUT2D eigenvalue weighted by molar-refractivity contribution is 6.06. The largest absolute Gasteiger partial charge is 0.461 e. The summed E-state index contributed by atoms with van der Waals surface area (Å²) in [6, 6.07) is 11.5. The fraction of sp³-hybridized carbons (Fsp3) is 0.316. The predicted molar refractivity (Wildman–Crippen MR) is 93.3 cm³/mol. The second-order valence-electron chi connectivity index (χ2n) is 6.89. The highest BCUT2D eigenvalue weighted by atomic mass is 16.5. The third kappa shape index (κ3) is 2.35. The molecule has 26 heavy (non-hydrogen) atoms. The van der Waals surface area contributed by atoms with Crippen molar-refractivity contribution in [2.75, 3.05) is 18.4 Å². The lowest BCUT2D eigenvalue weighted by molar-refractivity contribution is -0.123. The van der Waals surface area contributed by atoms with Gasteiger partial charge in [-0.15, -0.1) is 0 Å². The zero-order valence-corrected chi connectivity index (χ0v) is 14.1. The highest BCUT2D eigenvalue weighted by Crippen LogP contribution is 2.43. The molecule has 0 radical (unpaired) electrons. The summed E-state index contributed by atoms with van der Waals surface area (Å²) >= 11 is 0. The number of hydrogen-bond acceptors (Lipinski definition) is 6. The number of fused-ring (bicyclic) bond motifs is 2. The van der Waals surface area contributed by atoms with Gasteiger partial charge < -0.3 is 14.3 Å². The first-order valence-electron chi connectivity index (χ1n) is 8.74. The molecule has 2 aliphatic heterocycles. The van der Waals surface area contributed by atoms with Gasteiger partial charge in [-0.3, -0.25) is 9.69 Å². The number of nitrogens with one attached hydrogen (secondary N) is 1. The molecular weight excluding hydrogens is 332 g/mol. The molecule has 132 valence electrons. The Morgan fingerprint density at radius 3 is 3.04 bits per heavy atom. The van der Waals surface area contributed by atoms with Crippen LogP contribution in [0.15, 0.2) is 51.6 Å². The van der Waals surface area contributed by atoms with Crippen LogP contribution in [0.1, 0.15) is 24.3 Å². The molecule has 1 fully saturated rings. The van der Waals surface area contributed by atoms with E-state index in [-0.39, 0.29) is 5.91 Å². The Kier molecular flexibility index (Phi) is 3.43. The molecule has 0 unspecified atom stereocenters. The van der Waals surface area contributed by atoms with Crippen LogP contribution in [0.2, 0.25) is 0 Å². The van der Waals surface area contributed by atoms with Crippen molar-refractivity contribution in [3.8, 4) is 11.6 Å². The second-order valence-corrected chi connectivity index (χ2v) is 6.89. The summed E-state index contributed by atoms with van der Waals surface area (Å²) in [6.07, 6.45) is 3.38. The summed E-state index contributed by atoms with van der Waals surface area (Å²) in [6.45, 7) is 2.06. The van der Waals surface area contributed by atoms with E-state index in [0.717, 1.165) is 30.6 Å². The Labute approximate surface area is 150 Å². The number of furan rings is 1. The summed E-state index contributed by atoms with van der Waals surface area (Å²) in [5.41, 5.74) is 1.53. The van der Waals surface area contributed by atoms with Crippen LogP contribution in [0.3, 0.4) is 0 Å². The number of carbonyl (C=O) groups excluding carboxylic acids is 1. The molecule has 1 atom stereocenters. The Morgan fingerprint density at radius 1 is 1.23 bits per heavy atom. The third-order valence-corrected chi connectivity index (χ3v) is 5.27. The molecule has 1 amide bonds. The lowest BCUT2D eigenvalue weighted by atomic mass is 9.75. The van der Waals surface area contributed by atoms with E-state index in [0.29, 0.717) is 30.6 Å². The van der Waals surface area contributed by atoms with Crippen molar-refractivity contribution in [1.29, 1.82) is 0 Å². The van der Waals surface area contributed by atoms with Crippen molar-refractivity contribution in [3.05, 3.63) is 54.1 Å². The van der Waals surface area contributed by atoms with E-state index in [4.69, 9.17) is 8.94 Å². The minimum Gasteiger partial charge on any atom is -0.461 e. The number of amides is 1. The van der Waals surface area contributed by atoms with Crippen LogP contribution in [-0.2, 0) is 16.8 Å². The normalized spacial score (nSPS) is 22.5. The number of likely N-dealkylation sites (tertiary alicyclic amines) is 1. The van der Waals surface area contributed by atoms with Crippen molar-refractivity contribution >= 4 is 11.6 Å². The van der Waals surface area contributed by atoms with Gasteiger partial charge in [0.2, 0.25) is 17.6 Å². The van der Waals surface area contributed by atoms with Crippen LogP contribution in [0.4, 0.5) is 5.69 Å². The van der Waals surface area contributed by atoms with E-state index in [1.165, 1.54) is 0 Å². The molecule has 5 rings (SSSR count). The van der Waals surface area contributed by atoms with Crippen LogP contribution >= 0.6 is 0 Å². The molecule has 2 aromatic heterocycles. The van der Waals surface area contributed by atoms with Crippen molar-refractivity contribution in [1.82, 2.24) is 15.0 Å². The van der Waals surface area contributed by atoms with Gasteiger partial charge in [0.15, 0.2) is 5.76 Å². The Balaban J connectivity index is 1.38.